The molecule has 1 amide bonds. The first-order valence-electron chi connectivity index (χ1n) is 4.27. The number of benzene rings is 1. The van der Waals surface area contributed by atoms with Crippen molar-refractivity contribution in [3.8, 4) is 0 Å². The van der Waals surface area contributed by atoms with E-state index in [-0.39, 0.29) is 5.91 Å². The van der Waals surface area contributed by atoms with Crippen LogP contribution >= 0.6 is 0 Å². The van der Waals surface area contributed by atoms with Crippen molar-refractivity contribution in [1.29, 1.82) is 0 Å². The summed E-state index contributed by atoms with van der Waals surface area (Å²) < 4.78 is 5.27. The predicted molar refractivity (Wildman–Crippen MR) is 47.5 cm³/mol. The van der Waals surface area contributed by atoms with Gasteiger partial charge in [-0.15, -0.1) is 0 Å². The summed E-state index contributed by atoms with van der Waals surface area (Å²) in [6, 6.07) is 7.78. The summed E-state index contributed by atoms with van der Waals surface area (Å²) in [6.45, 7) is 0.535. The van der Waals surface area contributed by atoms with Crippen LogP contribution in [0.4, 0.5) is 5.69 Å². The largest absolute Gasteiger partial charge is 0.354 e. The first kappa shape index (κ1) is 7.09. The maximum Gasteiger partial charge on any atom is 0.266 e. The topological polar surface area (TPSA) is 32.8 Å². The second-order valence-electron chi connectivity index (χ2n) is 3.50. The first-order valence-corrected chi connectivity index (χ1v) is 4.27. The third-order valence-electron chi connectivity index (χ3n) is 2.78. The van der Waals surface area contributed by atoms with Crippen molar-refractivity contribution in [2.75, 3.05) is 18.6 Å². The molecule has 13 heavy (non-hydrogen) atoms. The first-order chi connectivity index (χ1) is 6.26. The Morgan fingerprint density at radius 3 is 2.85 bits per heavy atom. The quantitative estimate of drug-likeness (QED) is 0.548. The zero-order valence-corrected chi connectivity index (χ0v) is 7.28. The van der Waals surface area contributed by atoms with Gasteiger partial charge in [-0.05, 0) is 6.07 Å². The van der Waals surface area contributed by atoms with Crippen molar-refractivity contribution >= 4 is 11.6 Å². The fourth-order valence-electron chi connectivity index (χ4n) is 1.95. The fourth-order valence-corrected chi connectivity index (χ4v) is 1.95. The number of likely N-dealkylation sites (N-methyl/N-ethyl adjacent to an activating group) is 1. The molecule has 2 aliphatic rings. The molecule has 1 spiro atoms. The number of carbonyl (C=O) groups excluding carboxylic acids is 1. The van der Waals surface area contributed by atoms with Gasteiger partial charge in [0.2, 0.25) is 0 Å². The van der Waals surface area contributed by atoms with Crippen molar-refractivity contribution < 1.29 is 9.53 Å². The van der Waals surface area contributed by atoms with Crippen LogP contribution in [0.15, 0.2) is 24.3 Å². The highest BCUT2D eigenvalue weighted by atomic mass is 16.6. The number of fused-ring (bicyclic) bond motifs is 2. The van der Waals surface area contributed by atoms with E-state index < -0.39 is 5.60 Å². The van der Waals surface area contributed by atoms with E-state index in [1.165, 1.54) is 0 Å². The van der Waals surface area contributed by atoms with E-state index in [0.29, 0.717) is 6.61 Å². The summed E-state index contributed by atoms with van der Waals surface area (Å²) in [5.74, 6) is 0.0636. The predicted octanol–water partition coefficient (Wildman–Crippen LogP) is 0.888. The lowest BCUT2D eigenvalue weighted by atomic mass is 10.0. The van der Waals surface area contributed by atoms with E-state index >= 15 is 0 Å². The number of para-hydroxylation sites is 1. The normalized spacial score (nSPS) is 29.6. The lowest BCUT2D eigenvalue weighted by Crippen LogP contribution is -2.28. The molecule has 0 bridgehead atoms. The van der Waals surface area contributed by atoms with Crippen LogP contribution in [0.25, 0.3) is 0 Å². The van der Waals surface area contributed by atoms with Gasteiger partial charge in [-0.3, -0.25) is 4.79 Å². The molecule has 2 aliphatic heterocycles. The zero-order valence-electron chi connectivity index (χ0n) is 7.28. The summed E-state index contributed by atoms with van der Waals surface area (Å²) >= 11 is 0. The molecule has 1 aromatic carbocycles. The van der Waals surface area contributed by atoms with Gasteiger partial charge in [0, 0.05) is 12.6 Å². The monoisotopic (exact) mass is 175 g/mol. The third kappa shape index (κ3) is 0.664. The second kappa shape index (κ2) is 1.93. The maximum atomic E-state index is 11.7. The van der Waals surface area contributed by atoms with Crippen LogP contribution in [0.2, 0.25) is 0 Å². The molecule has 3 nitrogen and oxygen atoms in total. The van der Waals surface area contributed by atoms with Crippen molar-refractivity contribution in [3.63, 3.8) is 0 Å². The third-order valence-corrected chi connectivity index (χ3v) is 2.78. The van der Waals surface area contributed by atoms with Crippen molar-refractivity contribution in [1.82, 2.24) is 0 Å². The van der Waals surface area contributed by atoms with Crippen molar-refractivity contribution in [2.24, 2.45) is 0 Å². The molecule has 1 fully saturated rings. The summed E-state index contributed by atoms with van der Waals surface area (Å²) in [5, 5.41) is 0. The summed E-state index contributed by atoms with van der Waals surface area (Å²) in [7, 11) is 1.79. The molecule has 1 atom stereocenters. The summed E-state index contributed by atoms with van der Waals surface area (Å²) in [4.78, 5) is 13.4. The van der Waals surface area contributed by atoms with Gasteiger partial charge in [-0.25, -0.2) is 0 Å². The van der Waals surface area contributed by atoms with Gasteiger partial charge in [0.15, 0.2) is 5.60 Å². The van der Waals surface area contributed by atoms with Gasteiger partial charge < -0.3 is 9.64 Å². The smallest absolute Gasteiger partial charge is 0.266 e. The molecule has 1 unspecified atom stereocenters. The Morgan fingerprint density at radius 1 is 1.46 bits per heavy atom. The average molecular weight is 175 g/mol. The number of hydrogen-bond donors (Lipinski definition) is 0. The molecular formula is C10H9NO2. The van der Waals surface area contributed by atoms with Crippen LogP contribution in [0, 0.1) is 0 Å². The van der Waals surface area contributed by atoms with Gasteiger partial charge in [0.05, 0.1) is 12.3 Å². The molecule has 0 N–H and O–H groups in total. The Labute approximate surface area is 75.9 Å². The molecule has 0 saturated carbocycles. The minimum atomic E-state index is -0.606. The number of rotatable bonds is 0. The second-order valence-corrected chi connectivity index (χ2v) is 3.50. The molecule has 3 heteroatoms. The van der Waals surface area contributed by atoms with E-state index in [2.05, 4.69) is 0 Å². The molecule has 0 radical (unpaired) electrons. The van der Waals surface area contributed by atoms with E-state index in [1.54, 1.807) is 11.9 Å². The van der Waals surface area contributed by atoms with Crippen LogP contribution in [0.5, 0.6) is 0 Å². The Kier molecular flexibility index (Phi) is 1.05. The number of epoxide rings is 1. The highest BCUT2D eigenvalue weighted by Gasteiger charge is 2.60. The average Bonchev–Trinajstić information content (AvgIpc) is 2.93. The lowest BCUT2D eigenvalue weighted by Gasteiger charge is -2.08. The Morgan fingerprint density at radius 2 is 2.15 bits per heavy atom. The maximum absolute atomic E-state index is 11.7. The van der Waals surface area contributed by atoms with Crippen molar-refractivity contribution in [2.45, 2.75) is 5.60 Å². The van der Waals surface area contributed by atoms with Gasteiger partial charge in [-0.2, -0.15) is 0 Å². The standard InChI is InChI=1S/C10H9NO2/c1-11-8-5-3-2-4-7(8)10(6-13-10)9(11)12/h2-5H,6H2,1H3. The number of ether oxygens (including phenoxy) is 1. The molecule has 0 aliphatic carbocycles. The molecule has 3 rings (SSSR count). The zero-order chi connectivity index (χ0) is 9.05. The summed E-state index contributed by atoms with van der Waals surface area (Å²) in [5.41, 5.74) is 1.39. The van der Waals surface area contributed by atoms with Gasteiger partial charge >= 0.3 is 0 Å². The van der Waals surface area contributed by atoms with Crippen LogP contribution < -0.4 is 4.90 Å². The summed E-state index contributed by atoms with van der Waals surface area (Å²) in [6.07, 6.45) is 0. The fraction of sp³-hybridized carbons (Fsp3) is 0.300. The number of hydrogen-bond acceptors (Lipinski definition) is 2. The van der Waals surface area contributed by atoms with E-state index in [9.17, 15) is 4.79 Å². The molecule has 66 valence electrons. The lowest BCUT2D eigenvalue weighted by molar-refractivity contribution is -0.122. The van der Waals surface area contributed by atoms with Crippen LogP contribution in [0.1, 0.15) is 5.56 Å². The highest BCUT2D eigenvalue weighted by Crippen LogP contribution is 2.49. The van der Waals surface area contributed by atoms with Crippen molar-refractivity contribution in [3.05, 3.63) is 29.8 Å². The van der Waals surface area contributed by atoms with Gasteiger partial charge in [0.25, 0.3) is 5.91 Å². The van der Waals surface area contributed by atoms with Crippen LogP contribution in [-0.4, -0.2) is 19.6 Å². The highest BCUT2D eigenvalue weighted by molar-refractivity contribution is 6.08. The number of amides is 1. The molecule has 0 aromatic heterocycles. The van der Waals surface area contributed by atoms with Crippen LogP contribution in [-0.2, 0) is 15.1 Å². The number of anilines is 1. The molecule has 1 saturated heterocycles. The number of carbonyl (C=O) groups is 1. The molecule has 2 heterocycles. The van der Waals surface area contributed by atoms with Gasteiger partial charge in [-0.1, -0.05) is 18.2 Å². The SMILES string of the molecule is CN1C(=O)C2(CO2)c2ccccc21. The minimum absolute atomic E-state index is 0.0636. The van der Waals surface area contributed by atoms with E-state index in [4.69, 9.17) is 4.74 Å². The van der Waals surface area contributed by atoms with Crippen LogP contribution in [0.3, 0.4) is 0 Å². The van der Waals surface area contributed by atoms with E-state index in [0.717, 1.165) is 11.3 Å². The minimum Gasteiger partial charge on any atom is -0.354 e. The Hall–Kier alpha value is -1.35. The Bertz CT molecular complexity index is 396. The van der Waals surface area contributed by atoms with E-state index in [1.807, 2.05) is 24.3 Å². The van der Waals surface area contributed by atoms with Gasteiger partial charge in [0.1, 0.15) is 0 Å². The molecule has 1 aromatic rings. The molecular weight excluding hydrogens is 166 g/mol. The Balaban J connectivity index is 2.27. The number of nitrogens with zero attached hydrogens (tertiary/aromatic N) is 1.